The maximum Gasteiger partial charge on any atom is 0.341 e. The fourth-order valence-electron chi connectivity index (χ4n) is 2.71. The van der Waals surface area contributed by atoms with Gasteiger partial charge in [0.25, 0.3) is 11.5 Å². The van der Waals surface area contributed by atoms with Gasteiger partial charge in [-0.1, -0.05) is 6.07 Å². The van der Waals surface area contributed by atoms with E-state index in [1.165, 1.54) is 24.6 Å². The lowest BCUT2D eigenvalue weighted by atomic mass is 10.1. The number of rotatable bonds is 4. The monoisotopic (exact) mass is 395 g/mol. The van der Waals surface area contributed by atoms with E-state index in [0.29, 0.717) is 16.4 Å². The highest BCUT2D eigenvalue weighted by molar-refractivity contribution is 7.13. The average molecular weight is 395 g/mol. The van der Waals surface area contributed by atoms with Crippen LogP contribution in [0.25, 0.3) is 16.9 Å². The number of aromatic nitrogens is 4. The number of hydrogen-bond acceptors (Lipinski definition) is 7. The molecule has 140 valence electrons. The van der Waals surface area contributed by atoms with Crippen LogP contribution in [0.4, 0.5) is 5.13 Å². The van der Waals surface area contributed by atoms with Gasteiger partial charge in [-0.2, -0.15) is 5.10 Å². The molecule has 4 rings (SSSR count). The van der Waals surface area contributed by atoms with Gasteiger partial charge in [0.15, 0.2) is 5.13 Å². The first-order valence-corrected chi connectivity index (χ1v) is 8.95. The van der Waals surface area contributed by atoms with Crippen LogP contribution in [0.15, 0.2) is 53.0 Å². The zero-order valence-corrected chi connectivity index (χ0v) is 15.3. The van der Waals surface area contributed by atoms with Crippen molar-refractivity contribution in [1.29, 1.82) is 0 Å². The predicted octanol–water partition coefficient (Wildman–Crippen LogP) is 2.16. The lowest BCUT2D eigenvalue weighted by Gasteiger charge is -2.12. The number of anilines is 1. The number of H-pyrrole nitrogens is 1. The smallest absolute Gasteiger partial charge is 0.341 e. The first kappa shape index (κ1) is 17.6. The molecular formula is C18H13N5O4S. The summed E-state index contributed by atoms with van der Waals surface area (Å²) in [5.41, 5.74) is 1.16. The van der Waals surface area contributed by atoms with Crippen LogP contribution in [0, 0.1) is 0 Å². The van der Waals surface area contributed by atoms with E-state index in [0.717, 1.165) is 0 Å². The maximum atomic E-state index is 12.4. The fraction of sp³-hybridized carbons (Fsp3) is 0.0556. The molecule has 0 atom stereocenters. The third kappa shape index (κ3) is 3.16. The van der Waals surface area contributed by atoms with Gasteiger partial charge in [0.1, 0.15) is 11.3 Å². The normalized spacial score (nSPS) is 10.8. The number of carbonyl (C=O) groups excluding carboxylic acids is 2. The molecule has 0 spiro atoms. The Morgan fingerprint density at radius 3 is 2.89 bits per heavy atom. The largest absolute Gasteiger partial charge is 0.465 e. The Labute approximate surface area is 162 Å². The Bertz CT molecular complexity index is 1190. The number of hydrogen-bond donors (Lipinski definition) is 2. The number of nitrogens with zero attached hydrogens (tertiary/aromatic N) is 3. The zero-order chi connectivity index (χ0) is 19.7. The van der Waals surface area contributed by atoms with Crippen LogP contribution in [0.1, 0.15) is 20.7 Å². The quantitative estimate of drug-likeness (QED) is 0.511. The number of amides is 1. The van der Waals surface area contributed by atoms with Gasteiger partial charge in [0.05, 0.1) is 12.7 Å². The van der Waals surface area contributed by atoms with E-state index in [2.05, 4.69) is 20.5 Å². The van der Waals surface area contributed by atoms with E-state index in [1.807, 2.05) is 0 Å². The average Bonchev–Trinajstić information content (AvgIpc) is 3.36. The number of ether oxygens (including phenoxy) is 1. The summed E-state index contributed by atoms with van der Waals surface area (Å²) >= 11 is 1.31. The van der Waals surface area contributed by atoms with Crippen molar-refractivity contribution in [2.75, 3.05) is 12.4 Å². The van der Waals surface area contributed by atoms with Gasteiger partial charge in [0, 0.05) is 35.2 Å². The topological polar surface area (TPSA) is 119 Å². The molecule has 0 unspecified atom stereocenters. The summed E-state index contributed by atoms with van der Waals surface area (Å²) in [6, 6.07) is 6.75. The number of methoxy groups -OCH3 is 1. The zero-order valence-electron chi connectivity index (χ0n) is 14.5. The summed E-state index contributed by atoms with van der Waals surface area (Å²) in [6.07, 6.45) is 4.65. The first-order valence-electron chi connectivity index (χ1n) is 8.07. The summed E-state index contributed by atoms with van der Waals surface area (Å²) in [5, 5.41) is 11.2. The predicted molar refractivity (Wildman–Crippen MR) is 102 cm³/mol. The second kappa shape index (κ2) is 7.08. The van der Waals surface area contributed by atoms with Crippen LogP contribution in [0.5, 0.6) is 0 Å². The van der Waals surface area contributed by atoms with Crippen LogP contribution in [0.3, 0.4) is 0 Å². The standard InChI is InChI=1S/C18H13N5O4S/c1-27-17(26)13-9-23(8-12-14(13)21-22-16(12)25)11-4-2-3-10(7-11)15(24)20-18-19-5-6-28-18/h2-9H,1H3,(H,22,25)(H,19,20,24). The van der Waals surface area contributed by atoms with Crippen LogP contribution in [0.2, 0.25) is 0 Å². The Balaban J connectivity index is 1.77. The molecule has 1 aromatic carbocycles. The van der Waals surface area contributed by atoms with Crippen LogP contribution < -0.4 is 10.9 Å². The summed E-state index contributed by atoms with van der Waals surface area (Å²) in [7, 11) is 1.25. The van der Waals surface area contributed by atoms with Gasteiger partial charge in [-0.3, -0.25) is 14.9 Å². The molecular weight excluding hydrogens is 382 g/mol. The van der Waals surface area contributed by atoms with Crippen molar-refractivity contribution in [1.82, 2.24) is 19.7 Å². The summed E-state index contributed by atoms with van der Waals surface area (Å²) < 4.78 is 6.36. The summed E-state index contributed by atoms with van der Waals surface area (Å²) in [6.45, 7) is 0. The van der Waals surface area contributed by atoms with Crippen molar-refractivity contribution in [3.8, 4) is 16.9 Å². The van der Waals surface area contributed by atoms with Gasteiger partial charge in [-0.05, 0) is 18.2 Å². The number of thiazole rings is 1. The molecule has 1 amide bonds. The van der Waals surface area contributed by atoms with Crippen LogP contribution >= 0.6 is 11.3 Å². The molecule has 2 aliphatic heterocycles. The summed E-state index contributed by atoms with van der Waals surface area (Å²) in [5.74, 6) is -0.942. The van der Waals surface area contributed by atoms with Gasteiger partial charge >= 0.3 is 5.97 Å². The van der Waals surface area contributed by atoms with Crippen LogP contribution in [-0.4, -0.2) is 38.7 Å². The third-order valence-electron chi connectivity index (χ3n) is 4.03. The number of nitrogens with one attached hydrogen (secondary N) is 2. The van der Waals surface area contributed by atoms with E-state index in [4.69, 9.17) is 4.74 Å². The maximum absolute atomic E-state index is 12.4. The van der Waals surface area contributed by atoms with Gasteiger partial charge < -0.3 is 9.30 Å². The lowest BCUT2D eigenvalue weighted by Crippen LogP contribution is -2.13. The van der Waals surface area contributed by atoms with E-state index in [-0.39, 0.29) is 22.7 Å². The van der Waals surface area contributed by atoms with Crippen LogP contribution in [-0.2, 0) is 4.74 Å². The number of esters is 1. The molecule has 1 aromatic heterocycles. The molecule has 2 aliphatic rings. The molecule has 28 heavy (non-hydrogen) atoms. The van der Waals surface area contributed by atoms with Crippen molar-refractivity contribution < 1.29 is 14.3 Å². The van der Waals surface area contributed by atoms with Gasteiger partial charge in [-0.25, -0.2) is 14.9 Å². The Morgan fingerprint density at radius 1 is 1.29 bits per heavy atom. The second-order valence-electron chi connectivity index (χ2n) is 5.73. The molecule has 0 aliphatic carbocycles. The van der Waals surface area contributed by atoms with Crippen molar-refractivity contribution in [2.24, 2.45) is 0 Å². The molecule has 10 heteroatoms. The van der Waals surface area contributed by atoms with E-state index in [1.54, 1.807) is 46.6 Å². The molecule has 0 saturated carbocycles. The SMILES string of the molecule is COC(=O)c1cn(-c2cccc(C(=O)Nc3nccs3)c2)cc2c(=O)[nH]nc1-2. The first-order chi connectivity index (χ1) is 13.6. The molecule has 2 N–H and O–H groups in total. The van der Waals surface area contributed by atoms with Gasteiger partial charge in [-0.15, -0.1) is 11.3 Å². The Morgan fingerprint density at radius 2 is 2.14 bits per heavy atom. The molecule has 0 fully saturated rings. The second-order valence-corrected chi connectivity index (χ2v) is 6.62. The lowest BCUT2D eigenvalue weighted by molar-refractivity contribution is 0.0600. The highest BCUT2D eigenvalue weighted by Crippen LogP contribution is 2.23. The summed E-state index contributed by atoms with van der Waals surface area (Å²) in [4.78, 5) is 40.6. The molecule has 0 saturated heterocycles. The Hall–Kier alpha value is -3.79. The number of pyridine rings is 1. The minimum atomic E-state index is -0.622. The fourth-order valence-corrected chi connectivity index (χ4v) is 3.23. The minimum Gasteiger partial charge on any atom is -0.465 e. The van der Waals surface area contributed by atoms with Crippen molar-refractivity contribution >= 4 is 28.3 Å². The molecule has 9 nitrogen and oxygen atoms in total. The highest BCUT2D eigenvalue weighted by Gasteiger charge is 2.22. The number of benzene rings is 1. The molecule has 0 bridgehead atoms. The van der Waals surface area contributed by atoms with Crippen molar-refractivity contribution in [3.63, 3.8) is 0 Å². The third-order valence-corrected chi connectivity index (χ3v) is 4.71. The van der Waals surface area contributed by atoms with E-state index >= 15 is 0 Å². The Kier molecular flexibility index (Phi) is 4.45. The molecule has 3 heterocycles. The van der Waals surface area contributed by atoms with Crippen molar-refractivity contribution in [2.45, 2.75) is 0 Å². The van der Waals surface area contributed by atoms with E-state index in [9.17, 15) is 14.4 Å². The number of aromatic amines is 1. The number of carbonyl (C=O) groups is 2. The van der Waals surface area contributed by atoms with Gasteiger partial charge in [0.2, 0.25) is 0 Å². The van der Waals surface area contributed by atoms with E-state index < -0.39 is 11.5 Å². The molecule has 0 radical (unpaired) electrons. The highest BCUT2D eigenvalue weighted by atomic mass is 32.1. The number of fused-ring (bicyclic) bond motifs is 1. The molecule has 2 aromatic rings. The van der Waals surface area contributed by atoms with Crippen molar-refractivity contribution in [3.05, 3.63) is 69.7 Å². The minimum absolute atomic E-state index is 0.135.